The van der Waals surface area contributed by atoms with Gasteiger partial charge in [-0.05, 0) is 36.4 Å². The standard InChI is InChI=1S/C15H12N2O4S/c1-22(19,20)17-15(18)11-6-8-13(9-7-11)21-14-5-3-2-4-12(14)10-16/h2-9H,1H3,(H,17,18). The predicted molar refractivity (Wildman–Crippen MR) is 80.0 cm³/mol. The van der Waals surface area contributed by atoms with Crippen LogP contribution in [0.5, 0.6) is 11.5 Å². The first-order valence-corrected chi connectivity index (χ1v) is 8.07. The van der Waals surface area contributed by atoms with Gasteiger partial charge in [-0.1, -0.05) is 12.1 Å². The third-order valence-electron chi connectivity index (χ3n) is 2.63. The van der Waals surface area contributed by atoms with Gasteiger partial charge in [0.2, 0.25) is 10.0 Å². The summed E-state index contributed by atoms with van der Waals surface area (Å²) >= 11 is 0. The molecule has 0 radical (unpaired) electrons. The second kappa shape index (κ2) is 6.28. The normalized spacial score (nSPS) is 10.5. The van der Waals surface area contributed by atoms with E-state index in [0.29, 0.717) is 17.1 Å². The number of sulfonamides is 1. The number of hydrogen-bond donors (Lipinski definition) is 1. The van der Waals surface area contributed by atoms with Crippen molar-refractivity contribution in [2.24, 2.45) is 0 Å². The zero-order valence-corrected chi connectivity index (χ0v) is 12.4. The molecular weight excluding hydrogens is 304 g/mol. The van der Waals surface area contributed by atoms with E-state index < -0.39 is 15.9 Å². The van der Waals surface area contributed by atoms with Crippen molar-refractivity contribution in [3.8, 4) is 17.6 Å². The molecule has 22 heavy (non-hydrogen) atoms. The maximum Gasteiger partial charge on any atom is 0.264 e. The number of hydrogen-bond acceptors (Lipinski definition) is 5. The predicted octanol–water partition coefficient (Wildman–Crippen LogP) is 2.04. The van der Waals surface area contributed by atoms with E-state index in [2.05, 4.69) is 0 Å². The molecule has 0 bridgehead atoms. The van der Waals surface area contributed by atoms with Crippen LogP contribution in [-0.2, 0) is 10.0 Å². The first kappa shape index (κ1) is 15.5. The van der Waals surface area contributed by atoms with Gasteiger partial charge in [0.15, 0.2) is 0 Å². The lowest BCUT2D eigenvalue weighted by atomic mass is 10.2. The first-order valence-electron chi connectivity index (χ1n) is 6.18. The van der Waals surface area contributed by atoms with E-state index in [9.17, 15) is 13.2 Å². The molecule has 0 aliphatic heterocycles. The van der Waals surface area contributed by atoms with Crippen LogP contribution in [0.4, 0.5) is 0 Å². The van der Waals surface area contributed by atoms with Crippen LogP contribution in [0.3, 0.4) is 0 Å². The number of ether oxygens (including phenoxy) is 1. The van der Waals surface area contributed by atoms with Gasteiger partial charge in [0.05, 0.1) is 11.8 Å². The lowest BCUT2D eigenvalue weighted by Gasteiger charge is -2.08. The van der Waals surface area contributed by atoms with Crippen molar-refractivity contribution >= 4 is 15.9 Å². The maximum absolute atomic E-state index is 11.7. The highest BCUT2D eigenvalue weighted by atomic mass is 32.2. The average molecular weight is 316 g/mol. The van der Waals surface area contributed by atoms with Crippen LogP contribution in [-0.4, -0.2) is 20.6 Å². The molecule has 7 heteroatoms. The van der Waals surface area contributed by atoms with Gasteiger partial charge in [-0.2, -0.15) is 5.26 Å². The summed E-state index contributed by atoms with van der Waals surface area (Å²) in [5.74, 6) is 0.114. The minimum absolute atomic E-state index is 0.186. The van der Waals surface area contributed by atoms with Gasteiger partial charge in [0.25, 0.3) is 5.91 Å². The number of amides is 1. The fraction of sp³-hybridized carbons (Fsp3) is 0.0667. The SMILES string of the molecule is CS(=O)(=O)NC(=O)c1ccc(Oc2ccccc2C#N)cc1. The minimum atomic E-state index is -3.61. The molecule has 0 unspecified atom stereocenters. The summed E-state index contributed by atoms with van der Waals surface area (Å²) < 4.78 is 29.4. The molecule has 1 N–H and O–H groups in total. The highest BCUT2D eigenvalue weighted by molar-refractivity contribution is 7.89. The Balaban J connectivity index is 2.16. The van der Waals surface area contributed by atoms with E-state index >= 15 is 0 Å². The molecule has 6 nitrogen and oxygen atoms in total. The van der Waals surface area contributed by atoms with Gasteiger partial charge >= 0.3 is 0 Å². The number of nitrogens with zero attached hydrogens (tertiary/aromatic N) is 1. The fourth-order valence-corrected chi connectivity index (χ4v) is 2.13. The Bertz CT molecular complexity index is 837. The summed E-state index contributed by atoms with van der Waals surface area (Å²) in [6.45, 7) is 0. The Kier molecular flexibility index (Phi) is 4.44. The minimum Gasteiger partial charge on any atom is -0.456 e. The summed E-state index contributed by atoms with van der Waals surface area (Å²) in [6.07, 6.45) is 0.904. The smallest absolute Gasteiger partial charge is 0.264 e. The molecule has 2 aromatic rings. The monoisotopic (exact) mass is 316 g/mol. The Morgan fingerprint density at radius 1 is 1.14 bits per heavy atom. The molecule has 2 rings (SSSR count). The number of rotatable bonds is 4. The van der Waals surface area contributed by atoms with Crippen molar-refractivity contribution in [2.45, 2.75) is 0 Å². The Morgan fingerprint density at radius 2 is 1.77 bits per heavy atom. The molecule has 0 aliphatic rings. The Hall–Kier alpha value is -2.85. The zero-order chi connectivity index (χ0) is 16.2. The molecule has 0 atom stereocenters. The number of nitriles is 1. The van der Waals surface area contributed by atoms with Gasteiger partial charge in [0, 0.05) is 5.56 Å². The number of nitrogens with one attached hydrogen (secondary N) is 1. The van der Waals surface area contributed by atoms with E-state index in [4.69, 9.17) is 10.00 Å². The van der Waals surface area contributed by atoms with Gasteiger partial charge in [-0.25, -0.2) is 13.1 Å². The van der Waals surface area contributed by atoms with Gasteiger partial charge in [0.1, 0.15) is 17.6 Å². The van der Waals surface area contributed by atoms with E-state index in [1.165, 1.54) is 24.3 Å². The number of carbonyl (C=O) groups is 1. The number of para-hydroxylation sites is 1. The quantitative estimate of drug-likeness (QED) is 0.931. The molecule has 0 heterocycles. The van der Waals surface area contributed by atoms with Crippen LogP contribution >= 0.6 is 0 Å². The number of benzene rings is 2. The fourth-order valence-electron chi connectivity index (χ4n) is 1.68. The summed E-state index contributed by atoms with van der Waals surface area (Å²) in [5.41, 5.74) is 0.577. The van der Waals surface area contributed by atoms with Crippen molar-refractivity contribution < 1.29 is 17.9 Å². The van der Waals surface area contributed by atoms with Crippen molar-refractivity contribution in [3.63, 3.8) is 0 Å². The second-order valence-electron chi connectivity index (χ2n) is 4.44. The van der Waals surface area contributed by atoms with Crippen molar-refractivity contribution in [1.29, 1.82) is 5.26 Å². The van der Waals surface area contributed by atoms with Crippen LogP contribution in [0.25, 0.3) is 0 Å². The summed E-state index contributed by atoms with van der Waals surface area (Å²) in [6, 6.07) is 14.7. The first-order chi connectivity index (χ1) is 10.4. The Labute approximate surface area is 128 Å². The van der Waals surface area contributed by atoms with Crippen molar-refractivity contribution in [1.82, 2.24) is 4.72 Å². The largest absolute Gasteiger partial charge is 0.456 e. The van der Waals surface area contributed by atoms with Crippen LogP contribution in [0.2, 0.25) is 0 Å². The molecule has 1 amide bonds. The second-order valence-corrected chi connectivity index (χ2v) is 6.19. The molecule has 0 aliphatic carbocycles. The Morgan fingerprint density at radius 3 is 2.36 bits per heavy atom. The molecule has 112 valence electrons. The average Bonchev–Trinajstić information content (AvgIpc) is 2.47. The number of carbonyl (C=O) groups excluding carboxylic acids is 1. The van der Waals surface area contributed by atoms with Gasteiger partial charge < -0.3 is 4.74 Å². The lowest BCUT2D eigenvalue weighted by Crippen LogP contribution is -2.29. The van der Waals surface area contributed by atoms with Crippen LogP contribution in [0.1, 0.15) is 15.9 Å². The molecule has 0 saturated heterocycles. The van der Waals surface area contributed by atoms with Gasteiger partial charge in [-0.15, -0.1) is 0 Å². The van der Waals surface area contributed by atoms with Gasteiger partial charge in [-0.3, -0.25) is 4.79 Å². The van der Waals surface area contributed by atoms with E-state index in [1.807, 2.05) is 10.8 Å². The third-order valence-corrected chi connectivity index (χ3v) is 3.19. The van der Waals surface area contributed by atoms with Crippen LogP contribution in [0.15, 0.2) is 48.5 Å². The third kappa shape index (κ3) is 4.07. The van der Waals surface area contributed by atoms with Crippen molar-refractivity contribution in [2.75, 3.05) is 6.26 Å². The van der Waals surface area contributed by atoms with E-state index in [1.54, 1.807) is 24.3 Å². The topological polar surface area (TPSA) is 96.3 Å². The summed E-state index contributed by atoms with van der Waals surface area (Å²) in [4.78, 5) is 11.7. The van der Waals surface area contributed by atoms with E-state index in [-0.39, 0.29) is 5.56 Å². The molecule has 0 saturated carbocycles. The molecule has 0 spiro atoms. The maximum atomic E-state index is 11.7. The highest BCUT2D eigenvalue weighted by Crippen LogP contribution is 2.24. The van der Waals surface area contributed by atoms with Crippen molar-refractivity contribution in [3.05, 3.63) is 59.7 Å². The summed E-state index contributed by atoms with van der Waals surface area (Å²) in [7, 11) is -3.61. The zero-order valence-electron chi connectivity index (χ0n) is 11.6. The van der Waals surface area contributed by atoms with Crippen LogP contribution in [0, 0.1) is 11.3 Å². The lowest BCUT2D eigenvalue weighted by molar-refractivity contribution is 0.0981. The highest BCUT2D eigenvalue weighted by Gasteiger charge is 2.11. The summed E-state index contributed by atoms with van der Waals surface area (Å²) in [5, 5.41) is 8.98. The van der Waals surface area contributed by atoms with E-state index in [0.717, 1.165) is 6.26 Å². The molecular formula is C15H12N2O4S. The molecule has 0 fully saturated rings. The molecule has 0 aromatic heterocycles. The molecule has 2 aromatic carbocycles. The van der Waals surface area contributed by atoms with Crippen LogP contribution < -0.4 is 9.46 Å².